The summed E-state index contributed by atoms with van der Waals surface area (Å²) in [5.41, 5.74) is 15.8. The highest BCUT2D eigenvalue weighted by atomic mass is 16.7. The molecule has 1 heterocycles. The average molecular weight is 540 g/mol. The number of ketones is 1. The average Bonchev–Trinajstić information content (AvgIpc) is 3.14. The topological polar surface area (TPSA) is 249 Å². The molecule has 0 radical (unpaired) electrons. The number of aromatic nitrogens is 2. The Hall–Kier alpha value is -5.44. The van der Waals surface area contributed by atoms with E-state index in [1.807, 2.05) is 0 Å². The molecule has 204 valence electrons. The number of para-hydroxylation sites is 1. The highest BCUT2D eigenvalue weighted by Crippen LogP contribution is 2.28. The number of rotatable bonds is 10. The molecule has 15 nitrogen and oxygen atoms in total. The van der Waals surface area contributed by atoms with Crippen molar-refractivity contribution in [2.24, 2.45) is 22.2 Å². The highest BCUT2D eigenvalue weighted by molar-refractivity contribution is 6.13. The summed E-state index contributed by atoms with van der Waals surface area (Å²) in [4.78, 5) is 74.6. The van der Waals surface area contributed by atoms with E-state index in [-0.39, 0.29) is 27.6 Å². The Kier molecular flexibility index (Phi) is 8.47. The highest BCUT2D eigenvalue weighted by Gasteiger charge is 2.39. The number of imidazole rings is 1. The van der Waals surface area contributed by atoms with Gasteiger partial charge in [0, 0.05) is 11.3 Å². The third kappa shape index (κ3) is 6.47. The maximum absolute atomic E-state index is 13.2. The van der Waals surface area contributed by atoms with E-state index in [0.717, 1.165) is 6.92 Å². The quantitative estimate of drug-likeness (QED) is 0.106. The number of hydrogen-bond acceptors (Lipinski definition) is 9. The number of aliphatic imine (C=N–C) groups is 1. The third-order valence-corrected chi connectivity index (χ3v) is 5.26. The van der Waals surface area contributed by atoms with Gasteiger partial charge in [0.05, 0.1) is 18.2 Å². The zero-order valence-electron chi connectivity index (χ0n) is 20.5. The van der Waals surface area contributed by atoms with Crippen LogP contribution in [-0.4, -0.2) is 61.6 Å². The number of carboxylic acids is 1. The third-order valence-electron chi connectivity index (χ3n) is 5.26. The molecule has 0 aliphatic rings. The zero-order chi connectivity index (χ0) is 28.9. The van der Waals surface area contributed by atoms with Crippen LogP contribution >= 0.6 is 0 Å². The van der Waals surface area contributed by atoms with Crippen LogP contribution in [0.25, 0.3) is 11.3 Å². The van der Waals surface area contributed by atoms with Crippen molar-refractivity contribution in [3.63, 3.8) is 0 Å². The van der Waals surface area contributed by atoms with E-state index in [0.29, 0.717) is 10.6 Å². The van der Waals surface area contributed by atoms with Gasteiger partial charge in [0.25, 0.3) is 5.88 Å². The summed E-state index contributed by atoms with van der Waals surface area (Å²) in [5, 5.41) is 19.7. The van der Waals surface area contributed by atoms with Crippen LogP contribution in [-0.2, 0) is 19.2 Å². The second kappa shape index (κ2) is 11.7. The standard InChI is InChI=1S/C24H25N7O8/c1-12(32)19(30(15-8-3-2-4-9-15)20(35)16(25)11-17(33)34)22(37)39-31-21(36)18(29-24(31)38)13-6-5-7-14(10-13)28-23(26)27/h2-10,16,19,36H,11,25H2,1H3,(H,29,38)(H,33,34)(H4,26,27,28)/t16-,19-/m0/s1. The molecule has 0 bridgehead atoms. The Morgan fingerprint density at radius 2 is 1.77 bits per heavy atom. The normalized spacial score (nSPS) is 12.2. The predicted molar refractivity (Wildman–Crippen MR) is 138 cm³/mol. The van der Waals surface area contributed by atoms with Gasteiger partial charge in [0.15, 0.2) is 17.8 Å². The lowest BCUT2D eigenvalue weighted by Gasteiger charge is -2.30. The van der Waals surface area contributed by atoms with E-state index in [4.69, 9.17) is 27.1 Å². The number of nitrogens with zero attached hydrogens (tertiary/aromatic N) is 3. The van der Waals surface area contributed by atoms with E-state index < -0.39 is 53.7 Å². The molecule has 3 rings (SSSR count). The minimum Gasteiger partial charge on any atom is -0.491 e. The zero-order valence-corrected chi connectivity index (χ0v) is 20.5. The van der Waals surface area contributed by atoms with Crippen molar-refractivity contribution in [1.29, 1.82) is 0 Å². The summed E-state index contributed by atoms with van der Waals surface area (Å²) in [6, 6.07) is 9.79. The van der Waals surface area contributed by atoms with Gasteiger partial charge in [-0.1, -0.05) is 35.1 Å². The second-order valence-corrected chi connectivity index (χ2v) is 8.18. The number of carboxylic acid groups (broad SMARTS) is 1. The van der Waals surface area contributed by atoms with Gasteiger partial charge in [-0.3, -0.25) is 24.3 Å². The lowest BCUT2D eigenvalue weighted by molar-refractivity contribution is -0.150. The number of guanidine groups is 1. The summed E-state index contributed by atoms with van der Waals surface area (Å²) in [6.07, 6.45) is -0.790. The molecule has 1 amide bonds. The number of nitrogens with two attached hydrogens (primary N) is 3. The first-order valence-corrected chi connectivity index (χ1v) is 11.2. The Bertz CT molecular complexity index is 1490. The van der Waals surface area contributed by atoms with Crippen molar-refractivity contribution < 1.29 is 34.2 Å². The summed E-state index contributed by atoms with van der Waals surface area (Å²) in [6.45, 7) is 0.984. The predicted octanol–water partition coefficient (Wildman–Crippen LogP) is -0.798. The second-order valence-electron chi connectivity index (χ2n) is 8.18. The number of benzene rings is 2. The Balaban J connectivity index is 2.01. The van der Waals surface area contributed by atoms with Gasteiger partial charge < -0.3 is 32.3 Å². The molecule has 0 saturated heterocycles. The number of aromatic hydroxyl groups is 1. The minimum atomic E-state index is -1.99. The molecule has 3 aromatic rings. The fourth-order valence-electron chi connectivity index (χ4n) is 3.62. The van der Waals surface area contributed by atoms with Crippen LogP contribution in [0.4, 0.5) is 11.4 Å². The number of amides is 1. The Morgan fingerprint density at radius 3 is 2.36 bits per heavy atom. The van der Waals surface area contributed by atoms with E-state index in [2.05, 4.69) is 9.98 Å². The van der Waals surface area contributed by atoms with Gasteiger partial charge in [0.2, 0.25) is 5.91 Å². The molecule has 0 aliphatic carbocycles. The lowest BCUT2D eigenvalue weighted by Crippen LogP contribution is -2.57. The molecule has 0 aliphatic heterocycles. The number of anilines is 1. The van der Waals surface area contributed by atoms with E-state index in [1.165, 1.54) is 42.5 Å². The van der Waals surface area contributed by atoms with Crippen LogP contribution in [0.5, 0.6) is 5.88 Å². The molecule has 0 saturated carbocycles. The molecule has 39 heavy (non-hydrogen) atoms. The van der Waals surface area contributed by atoms with Crippen LogP contribution in [0.1, 0.15) is 13.3 Å². The molecule has 0 unspecified atom stereocenters. The van der Waals surface area contributed by atoms with Crippen molar-refractivity contribution in [2.75, 3.05) is 4.90 Å². The molecule has 0 spiro atoms. The SMILES string of the molecule is CC(=O)[C@@H](C(=O)On1c(O)c(-c2cccc(N=C(N)N)c2)[nH]c1=O)N(C(=O)[C@@H](N)CC(=O)O)c1ccccc1. The van der Waals surface area contributed by atoms with Gasteiger partial charge in [-0.05, 0) is 31.2 Å². The molecule has 1 aromatic heterocycles. The van der Waals surface area contributed by atoms with Gasteiger partial charge in [-0.2, -0.15) is 0 Å². The number of carbonyl (C=O) groups excluding carboxylic acids is 3. The van der Waals surface area contributed by atoms with E-state index >= 15 is 0 Å². The molecular weight excluding hydrogens is 514 g/mol. The number of H-pyrrole nitrogens is 1. The number of aromatic amines is 1. The first kappa shape index (κ1) is 28.1. The van der Waals surface area contributed by atoms with Crippen molar-refractivity contribution in [3.8, 4) is 17.1 Å². The van der Waals surface area contributed by atoms with Crippen LogP contribution in [0, 0.1) is 0 Å². The largest absolute Gasteiger partial charge is 0.491 e. The van der Waals surface area contributed by atoms with Crippen molar-refractivity contribution in [2.45, 2.75) is 25.4 Å². The van der Waals surface area contributed by atoms with Crippen LogP contribution in [0.2, 0.25) is 0 Å². The number of Topliss-reactive ketones (excluding diaryl/α,β-unsaturated/α-hetero) is 1. The van der Waals surface area contributed by atoms with Gasteiger partial charge in [-0.15, -0.1) is 0 Å². The summed E-state index contributed by atoms with van der Waals surface area (Å²) in [5.74, 6) is -5.84. The summed E-state index contributed by atoms with van der Waals surface area (Å²) in [7, 11) is 0. The van der Waals surface area contributed by atoms with Crippen molar-refractivity contribution >= 4 is 41.0 Å². The smallest absolute Gasteiger partial charge is 0.363 e. The monoisotopic (exact) mass is 539 g/mol. The number of nitrogens with one attached hydrogen (secondary N) is 1. The van der Waals surface area contributed by atoms with E-state index in [1.54, 1.807) is 12.1 Å². The maximum Gasteiger partial charge on any atom is 0.363 e. The fraction of sp³-hybridized carbons (Fsp3) is 0.167. The minimum absolute atomic E-state index is 0.0309. The first-order valence-electron chi connectivity index (χ1n) is 11.2. The number of aliphatic carboxylic acids is 1. The Labute approximate surface area is 220 Å². The van der Waals surface area contributed by atoms with Gasteiger partial charge >= 0.3 is 17.6 Å². The lowest BCUT2D eigenvalue weighted by atomic mass is 10.1. The van der Waals surface area contributed by atoms with E-state index in [9.17, 15) is 29.1 Å². The van der Waals surface area contributed by atoms with Gasteiger partial charge in [-0.25, -0.2) is 14.6 Å². The molecular formula is C24H25N7O8. The maximum atomic E-state index is 13.2. The molecule has 15 heteroatoms. The van der Waals surface area contributed by atoms with Crippen molar-refractivity contribution in [3.05, 3.63) is 65.1 Å². The molecule has 0 fully saturated rings. The first-order chi connectivity index (χ1) is 18.4. The Morgan fingerprint density at radius 1 is 1.10 bits per heavy atom. The number of carbonyl (C=O) groups is 4. The van der Waals surface area contributed by atoms with Gasteiger partial charge in [0.1, 0.15) is 5.69 Å². The fourth-order valence-corrected chi connectivity index (χ4v) is 3.62. The van der Waals surface area contributed by atoms with Crippen LogP contribution < -0.4 is 32.6 Å². The number of hydrogen-bond donors (Lipinski definition) is 6. The van der Waals surface area contributed by atoms with Crippen molar-refractivity contribution in [1.82, 2.24) is 9.71 Å². The molecule has 9 N–H and O–H groups in total. The van der Waals surface area contributed by atoms with Crippen LogP contribution in [0.15, 0.2) is 64.4 Å². The summed E-state index contributed by atoms with van der Waals surface area (Å²) >= 11 is 0. The summed E-state index contributed by atoms with van der Waals surface area (Å²) < 4.78 is 0.200. The molecule has 2 aromatic carbocycles. The molecule has 2 atom stereocenters. The van der Waals surface area contributed by atoms with Crippen LogP contribution in [0.3, 0.4) is 0 Å².